The van der Waals surface area contributed by atoms with Gasteiger partial charge in [0.2, 0.25) is 11.9 Å². The van der Waals surface area contributed by atoms with Gasteiger partial charge in [-0.3, -0.25) is 14.6 Å². The molecule has 8 heteroatoms. The number of hydrogen-bond acceptors (Lipinski definition) is 6. The average molecular weight is 463 g/mol. The molecule has 8 nitrogen and oxygen atoms in total. The summed E-state index contributed by atoms with van der Waals surface area (Å²) < 4.78 is 5.84. The number of carbonyl (C=O) groups is 1. The lowest BCUT2D eigenvalue weighted by atomic mass is 9.79. The van der Waals surface area contributed by atoms with E-state index in [2.05, 4.69) is 20.6 Å². The van der Waals surface area contributed by atoms with Gasteiger partial charge in [-0.1, -0.05) is 60.7 Å². The normalized spacial score (nSPS) is 16.5. The van der Waals surface area contributed by atoms with Crippen LogP contribution in [0.3, 0.4) is 0 Å². The van der Waals surface area contributed by atoms with E-state index in [-0.39, 0.29) is 17.3 Å². The lowest BCUT2D eigenvalue weighted by Gasteiger charge is -2.28. The zero-order valence-electron chi connectivity index (χ0n) is 18.6. The maximum atomic E-state index is 13.1. The molecule has 3 N–H and O–H groups in total. The highest BCUT2D eigenvalue weighted by Gasteiger charge is 2.40. The fourth-order valence-corrected chi connectivity index (χ4v) is 4.10. The first-order chi connectivity index (χ1) is 17.1. The molecule has 1 amide bonds. The molecule has 0 bridgehead atoms. The number of aromatic amines is 1. The number of hydrogen-bond donors (Lipinski definition) is 3. The molecule has 2 heterocycles. The van der Waals surface area contributed by atoms with Crippen molar-refractivity contribution >= 4 is 23.4 Å². The van der Waals surface area contributed by atoms with Crippen LogP contribution in [0, 0.1) is 17.2 Å². The molecular weight excluding hydrogens is 442 g/mol. The van der Waals surface area contributed by atoms with E-state index in [9.17, 15) is 14.9 Å². The number of para-hydroxylation sites is 1. The van der Waals surface area contributed by atoms with Gasteiger partial charge < -0.3 is 15.4 Å². The van der Waals surface area contributed by atoms with Gasteiger partial charge in [0.05, 0.1) is 11.6 Å². The number of nitriles is 1. The zero-order chi connectivity index (χ0) is 24.2. The SMILES string of the molecule is N#CC1C(=O)Nc2nc(Nc3ccccc3)[nH]c(=O)c2C1c1ccc(OCc2ccccc2)cc1. The molecule has 0 aliphatic carbocycles. The minimum absolute atomic E-state index is 0.137. The fourth-order valence-electron chi connectivity index (χ4n) is 4.10. The number of fused-ring (bicyclic) bond motifs is 1. The Bertz CT molecular complexity index is 1440. The third kappa shape index (κ3) is 4.61. The number of aromatic nitrogens is 2. The van der Waals surface area contributed by atoms with Gasteiger partial charge in [0.15, 0.2) is 0 Å². The highest BCUT2D eigenvalue weighted by atomic mass is 16.5. The molecule has 2 atom stereocenters. The zero-order valence-corrected chi connectivity index (χ0v) is 18.6. The Morgan fingerprint density at radius 2 is 1.63 bits per heavy atom. The molecule has 35 heavy (non-hydrogen) atoms. The van der Waals surface area contributed by atoms with Crippen LogP contribution in [0.25, 0.3) is 0 Å². The Kier molecular flexibility index (Phi) is 5.97. The first-order valence-corrected chi connectivity index (χ1v) is 11.1. The molecule has 172 valence electrons. The number of nitrogens with zero attached hydrogens (tertiary/aromatic N) is 2. The van der Waals surface area contributed by atoms with Gasteiger partial charge in [0, 0.05) is 11.6 Å². The predicted octanol–water partition coefficient (Wildman–Crippen LogP) is 4.32. The van der Waals surface area contributed by atoms with Crippen molar-refractivity contribution < 1.29 is 9.53 Å². The summed E-state index contributed by atoms with van der Waals surface area (Å²) >= 11 is 0. The Balaban J connectivity index is 1.45. The van der Waals surface area contributed by atoms with E-state index in [1.165, 1.54) is 0 Å². The van der Waals surface area contributed by atoms with Crippen LogP contribution in [0.1, 0.15) is 22.6 Å². The van der Waals surface area contributed by atoms with Gasteiger partial charge in [0.1, 0.15) is 24.1 Å². The molecule has 1 aliphatic heterocycles. The van der Waals surface area contributed by atoms with E-state index in [0.717, 1.165) is 11.3 Å². The van der Waals surface area contributed by atoms with Crippen LogP contribution in [0.2, 0.25) is 0 Å². The summed E-state index contributed by atoms with van der Waals surface area (Å²) in [6.07, 6.45) is 0. The van der Waals surface area contributed by atoms with Gasteiger partial charge in [-0.15, -0.1) is 0 Å². The number of ether oxygens (including phenoxy) is 1. The van der Waals surface area contributed by atoms with Crippen molar-refractivity contribution in [3.63, 3.8) is 0 Å². The fraction of sp³-hybridized carbons (Fsp3) is 0.111. The van der Waals surface area contributed by atoms with Crippen molar-refractivity contribution in [2.24, 2.45) is 5.92 Å². The number of amides is 1. The van der Waals surface area contributed by atoms with Crippen molar-refractivity contribution in [1.82, 2.24) is 9.97 Å². The molecule has 5 rings (SSSR count). The van der Waals surface area contributed by atoms with Gasteiger partial charge in [-0.2, -0.15) is 10.2 Å². The lowest BCUT2D eigenvalue weighted by molar-refractivity contribution is -0.119. The highest BCUT2D eigenvalue weighted by Crippen LogP contribution is 2.38. The Morgan fingerprint density at radius 1 is 0.943 bits per heavy atom. The quantitative estimate of drug-likeness (QED) is 0.392. The molecule has 1 aromatic heterocycles. The maximum Gasteiger partial charge on any atom is 0.258 e. The molecule has 0 radical (unpaired) electrons. The average Bonchev–Trinajstić information content (AvgIpc) is 2.88. The Hall–Kier alpha value is -4.90. The van der Waals surface area contributed by atoms with Crippen molar-refractivity contribution in [1.29, 1.82) is 5.26 Å². The summed E-state index contributed by atoms with van der Waals surface area (Å²) in [6.45, 7) is 0.413. The minimum Gasteiger partial charge on any atom is -0.489 e. The third-order valence-electron chi connectivity index (χ3n) is 5.79. The van der Waals surface area contributed by atoms with Crippen molar-refractivity contribution in [3.05, 3.63) is 112 Å². The van der Waals surface area contributed by atoms with Crippen molar-refractivity contribution in [2.45, 2.75) is 12.5 Å². The second kappa shape index (κ2) is 9.53. The van der Waals surface area contributed by atoms with Crippen LogP contribution in [0.15, 0.2) is 89.7 Å². The van der Waals surface area contributed by atoms with Crippen LogP contribution >= 0.6 is 0 Å². The van der Waals surface area contributed by atoms with Gasteiger partial charge >= 0.3 is 0 Å². The number of H-pyrrole nitrogens is 1. The number of anilines is 3. The second-order valence-electron chi connectivity index (χ2n) is 8.08. The molecule has 0 saturated carbocycles. The second-order valence-corrected chi connectivity index (χ2v) is 8.08. The summed E-state index contributed by atoms with van der Waals surface area (Å²) in [7, 11) is 0. The van der Waals surface area contributed by atoms with E-state index < -0.39 is 23.3 Å². The van der Waals surface area contributed by atoms with Crippen LogP contribution in [-0.4, -0.2) is 15.9 Å². The smallest absolute Gasteiger partial charge is 0.258 e. The minimum atomic E-state index is -1.07. The van der Waals surface area contributed by atoms with E-state index >= 15 is 0 Å². The summed E-state index contributed by atoms with van der Waals surface area (Å²) in [5, 5.41) is 15.4. The molecule has 4 aromatic rings. The van der Waals surface area contributed by atoms with Crippen LogP contribution in [-0.2, 0) is 11.4 Å². The van der Waals surface area contributed by atoms with E-state index in [1.807, 2.05) is 66.7 Å². The van der Waals surface area contributed by atoms with Gasteiger partial charge in [-0.05, 0) is 35.4 Å². The molecular formula is C27H21N5O3. The standard InChI is InChI=1S/C27H21N5O3/c28-15-21-22(18-11-13-20(14-12-18)35-16-17-7-3-1-4-8-17)23-24(30-25(21)33)31-27(32-26(23)34)29-19-9-5-2-6-10-19/h1-14,21-22H,16H2,(H3,29,30,31,32,33,34). The summed E-state index contributed by atoms with van der Waals surface area (Å²) in [4.78, 5) is 33.0. The molecule has 1 aliphatic rings. The van der Waals surface area contributed by atoms with Gasteiger partial charge in [-0.25, -0.2) is 0 Å². The molecule has 0 saturated heterocycles. The third-order valence-corrected chi connectivity index (χ3v) is 5.79. The Morgan fingerprint density at radius 3 is 2.31 bits per heavy atom. The van der Waals surface area contributed by atoms with Crippen LogP contribution in [0.5, 0.6) is 5.75 Å². The number of rotatable bonds is 6. The van der Waals surface area contributed by atoms with E-state index in [1.54, 1.807) is 24.3 Å². The van der Waals surface area contributed by atoms with E-state index in [0.29, 0.717) is 17.9 Å². The maximum absolute atomic E-state index is 13.1. The van der Waals surface area contributed by atoms with E-state index in [4.69, 9.17) is 4.74 Å². The molecule has 3 aromatic carbocycles. The van der Waals surface area contributed by atoms with Crippen molar-refractivity contribution in [3.8, 4) is 11.8 Å². The highest BCUT2D eigenvalue weighted by molar-refractivity contribution is 5.98. The molecule has 2 unspecified atom stereocenters. The number of carbonyl (C=O) groups excluding carboxylic acids is 1. The molecule has 0 spiro atoms. The van der Waals surface area contributed by atoms with Crippen LogP contribution < -0.4 is 20.9 Å². The lowest BCUT2D eigenvalue weighted by Crippen LogP contribution is -2.38. The monoisotopic (exact) mass is 463 g/mol. The summed E-state index contributed by atoms with van der Waals surface area (Å²) in [5.74, 6) is -1.38. The van der Waals surface area contributed by atoms with Gasteiger partial charge in [0.25, 0.3) is 5.56 Å². The number of benzene rings is 3. The first-order valence-electron chi connectivity index (χ1n) is 11.1. The summed E-state index contributed by atoms with van der Waals surface area (Å²) in [6, 6.07) is 28.1. The topological polar surface area (TPSA) is 120 Å². The Labute approximate surface area is 201 Å². The van der Waals surface area contributed by atoms with Crippen LogP contribution in [0.4, 0.5) is 17.5 Å². The summed E-state index contributed by atoms with van der Waals surface area (Å²) in [5.41, 5.74) is 2.23. The largest absolute Gasteiger partial charge is 0.489 e. The first kappa shape index (κ1) is 21.9. The molecule has 0 fully saturated rings. The number of nitrogens with one attached hydrogen (secondary N) is 3. The van der Waals surface area contributed by atoms with Crippen molar-refractivity contribution in [2.75, 3.05) is 10.6 Å². The predicted molar refractivity (Wildman–Crippen MR) is 131 cm³/mol.